The molecule has 25 heavy (non-hydrogen) atoms. The van der Waals surface area contributed by atoms with Crippen molar-refractivity contribution in [1.82, 2.24) is 4.98 Å². The minimum absolute atomic E-state index is 0.607. The van der Waals surface area contributed by atoms with Crippen molar-refractivity contribution in [3.05, 3.63) is 90.5 Å². The lowest BCUT2D eigenvalue weighted by Crippen LogP contribution is -1.93. The number of nitrogens with one attached hydrogen (secondary N) is 1. The van der Waals surface area contributed by atoms with Gasteiger partial charge in [-0.2, -0.15) is 0 Å². The third-order valence-corrected chi connectivity index (χ3v) is 4.09. The molecule has 122 valence electrons. The molecule has 1 aromatic heterocycles. The van der Waals surface area contributed by atoms with Gasteiger partial charge >= 0.3 is 0 Å². The van der Waals surface area contributed by atoms with Crippen LogP contribution in [0.25, 0.3) is 22.7 Å². The van der Waals surface area contributed by atoms with Crippen LogP contribution in [0, 0.1) is 6.92 Å². The average molecular weight is 326 g/mol. The van der Waals surface area contributed by atoms with Crippen LogP contribution >= 0.6 is 0 Å². The summed E-state index contributed by atoms with van der Waals surface area (Å²) in [6.45, 7) is 2.07. The minimum atomic E-state index is 0.607. The number of anilines is 2. The van der Waals surface area contributed by atoms with Gasteiger partial charge in [-0.3, -0.25) is 0 Å². The van der Waals surface area contributed by atoms with Crippen LogP contribution in [-0.2, 0) is 0 Å². The maximum absolute atomic E-state index is 6.09. The minimum Gasteiger partial charge on any atom is -0.420 e. The highest BCUT2D eigenvalue weighted by Gasteiger charge is 2.17. The van der Waals surface area contributed by atoms with Gasteiger partial charge in [0.05, 0.1) is 0 Å². The highest BCUT2D eigenvalue weighted by molar-refractivity contribution is 5.77. The van der Waals surface area contributed by atoms with Gasteiger partial charge in [-0.05, 0) is 30.7 Å². The van der Waals surface area contributed by atoms with Crippen LogP contribution in [0.4, 0.5) is 11.6 Å². The van der Waals surface area contributed by atoms with Crippen molar-refractivity contribution < 1.29 is 4.42 Å². The number of hydrogen-bond acceptors (Lipinski definition) is 3. The average Bonchev–Trinajstić information content (AvgIpc) is 3.09. The van der Waals surface area contributed by atoms with E-state index >= 15 is 0 Å². The Morgan fingerprint density at radius 2 is 1.32 bits per heavy atom. The maximum Gasteiger partial charge on any atom is 0.229 e. The highest BCUT2D eigenvalue weighted by atomic mass is 16.4. The smallest absolute Gasteiger partial charge is 0.229 e. The van der Waals surface area contributed by atoms with Gasteiger partial charge in [-0.1, -0.05) is 66.7 Å². The summed E-state index contributed by atoms with van der Waals surface area (Å²) in [5.41, 5.74) is 4.94. The Morgan fingerprint density at radius 3 is 2.00 bits per heavy atom. The quantitative estimate of drug-likeness (QED) is 0.495. The van der Waals surface area contributed by atoms with Crippen molar-refractivity contribution in [3.63, 3.8) is 0 Å². The molecule has 3 nitrogen and oxygen atoms in total. The second-order valence-electron chi connectivity index (χ2n) is 5.87. The second-order valence-corrected chi connectivity index (χ2v) is 5.87. The summed E-state index contributed by atoms with van der Waals surface area (Å²) in [6.07, 6.45) is 0. The van der Waals surface area contributed by atoms with Crippen molar-refractivity contribution in [2.45, 2.75) is 6.92 Å². The van der Waals surface area contributed by atoms with E-state index in [1.807, 2.05) is 78.9 Å². The molecule has 0 bridgehead atoms. The molecule has 4 rings (SSSR count). The lowest BCUT2D eigenvalue weighted by Gasteiger charge is -2.07. The molecular formula is C22H18N2O. The van der Waals surface area contributed by atoms with Crippen LogP contribution in [0.15, 0.2) is 89.3 Å². The molecule has 3 aromatic carbocycles. The molecule has 3 heteroatoms. The first-order chi connectivity index (χ1) is 12.3. The fourth-order valence-electron chi connectivity index (χ4n) is 2.74. The molecule has 0 atom stereocenters. The van der Waals surface area contributed by atoms with Crippen LogP contribution in [0.3, 0.4) is 0 Å². The lowest BCUT2D eigenvalue weighted by molar-refractivity contribution is 0.592. The fourth-order valence-corrected chi connectivity index (χ4v) is 2.74. The number of hydrogen-bond donors (Lipinski definition) is 1. The molecule has 1 heterocycles. The van der Waals surface area contributed by atoms with Crippen molar-refractivity contribution in [2.75, 3.05) is 5.32 Å². The summed E-state index contributed by atoms with van der Waals surface area (Å²) in [5, 5.41) is 3.40. The summed E-state index contributed by atoms with van der Waals surface area (Å²) in [4.78, 5) is 4.75. The van der Waals surface area contributed by atoms with E-state index in [1.54, 1.807) is 0 Å². The zero-order valence-corrected chi connectivity index (χ0v) is 13.9. The van der Waals surface area contributed by atoms with Crippen molar-refractivity contribution in [3.8, 4) is 22.7 Å². The van der Waals surface area contributed by atoms with Crippen molar-refractivity contribution in [2.24, 2.45) is 0 Å². The molecule has 0 fully saturated rings. The molecule has 0 aliphatic carbocycles. The Bertz CT molecular complexity index is 975. The summed E-state index contributed by atoms with van der Waals surface area (Å²) in [7, 11) is 0. The third kappa shape index (κ3) is 3.17. The Hall–Kier alpha value is -3.33. The first-order valence-corrected chi connectivity index (χ1v) is 8.25. The molecule has 0 amide bonds. The van der Waals surface area contributed by atoms with Crippen LogP contribution in [-0.4, -0.2) is 4.98 Å². The summed E-state index contributed by atoms with van der Waals surface area (Å²) >= 11 is 0. The number of benzene rings is 3. The van der Waals surface area contributed by atoms with Gasteiger partial charge in [0.2, 0.25) is 11.8 Å². The van der Waals surface area contributed by atoms with E-state index in [4.69, 9.17) is 9.40 Å². The lowest BCUT2D eigenvalue weighted by atomic mass is 10.1. The van der Waals surface area contributed by atoms with E-state index in [0.717, 1.165) is 28.1 Å². The van der Waals surface area contributed by atoms with Crippen LogP contribution in [0.1, 0.15) is 5.56 Å². The number of oxazole rings is 1. The van der Waals surface area contributed by atoms with E-state index in [0.29, 0.717) is 11.8 Å². The molecule has 0 saturated carbocycles. The van der Waals surface area contributed by atoms with E-state index in [1.165, 1.54) is 0 Å². The highest BCUT2D eigenvalue weighted by Crippen LogP contribution is 2.35. The fraction of sp³-hybridized carbons (Fsp3) is 0.0455. The Balaban J connectivity index is 1.81. The van der Waals surface area contributed by atoms with Crippen LogP contribution in [0.5, 0.6) is 0 Å². The summed E-state index contributed by atoms with van der Waals surface area (Å²) < 4.78 is 6.09. The molecule has 1 N–H and O–H groups in total. The number of aryl methyl sites for hydroxylation is 1. The number of para-hydroxylation sites is 1. The SMILES string of the molecule is Cc1ccccc1Nc1oc(-c2ccccc2)nc1-c1ccccc1. The summed E-state index contributed by atoms with van der Waals surface area (Å²) in [5.74, 6) is 1.26. The Kier molecular flexibility index (Phi) is 4.05. The number of aromatic nitrogens is 1. The summed E-state index contributed by atoms with van der Waals surface area (Å²) in [6, 6.07) is 28.2. The number of rotatable bonds is 4. The first kappa shape index (κ1) is 15.2. The van der Waals surface area contributed by atoms with Gasteiger partial charge in [0.25, 0.3) is 0 Å². The maximum atomic E-state index is 6.09. The predicted octanol–water partition coefficient (Wildman–Crippen LogP) is 6.06. The normalized spacial score (nSPS) is 10.6. The zero-order chi connectivity index (χ0) is 17.1. The largest absolute Gasteiger partial charge is 0.420 e. The van der Waals surface area contributed by atoms with Gasteiger partial charge < -0.3 is 9.73 Å². The van der Waals surface area contributed by atoms with Gasteiger partial charge in [0.1, 0.15) is 5.69 Å². The van der Waals surface area contributed by atoms with E-state index < -0.39 is 0 Å². The molecule has 0 aliphatic heterocycles. The standard InChI is InChI=1S/C22H18N2O/c1-16-10-8-9-15-19(16)23-22-20(17-11-4-2-5-12-17)24-21(25-22)18-13-6-3-7-14-18/h2-15,23H,1H3. The van der Waals surface area contributed by atoms with E-state index in [2.05, 4.69) is 18.3 Å². The molecule has 0 radical (unpaired) electrons. The molecule has 0 aliphatic rings. The van der Waals surface area contributed by atoms with Gasteiger partial charge in [0, 0.05) is 16.8 Å². The molecule has 4 aromatic rings. The van der Waals surface area contributed by atoms with Gasteiger partial charge in [-0.15, -0.1) is 0 Å². The van der Waals surface area contributed by atoms with Crippen LogP contribution in [0.2, 0.25) is 0 Å². The zero-order valence-electron chi connectivity index (χ0n) is 13.9. The van der Waals surface area contributed by atoms with Crippen molar-refractivity contribution in [1.29, 1.82) is 0 Å². The number of nitrogens with zero attached hydrogens (tertiary/aromatic N) is 1. The molecule has 0 spiro atoms. The van der Waals surface area contributed by atoms with E-state index in [-0.39, 0.29) is 0 Å². The van der Waals surface area contributed by atoms with Crippen LogP contribution < -0.4 is 5.32 Å². The van der Waals surface area contributed by atoms with E-state index in [9.17, 15) is 0 Å². The molecule has 0 unspecified atom stereocenters. The van der Waals surface area contributed by atoms with Gasteiger partial charge in [-0.25, -0.2) is 4.98 Å². The predicted molar refractivity (Wildman–Crippen MR) is 102 cm³/mol. The molecular weight excluding hydrogens is 308 g/mol. The topological polar surface area (TPSA) is 38.1 Å². The van der Waals surface area contributed by atoms with Crippen molar-refractivity contribution >= 4 is 11.6 Å². The monoisotopic (exact) mass is 326 g/mol. The van der Waals surface area contributed by atoms with Gasteiger partial charge in [0.15, 0.2) is 0 Å². The Labute approximate surface area is 147 Å². The second kappa shape index (κ2) is 6.65. The third-order valence-electron chi connectivity index (χ3n) is 4.09. The molecule has 0 saturated heterocycles. The first-order valence-electron chi connectivity index (χ1n) is 8.25. The Morgan fingerprint density at radius 1 is 0.720 bits per heavy atom.